The number of carbonyl (C=O) groups is 2. The molecule has 0 aliphatic carbocycles. The molecule has 0 spiro atoms. The molecule has 10 nitrogen and oxygen atoms in total. The molecule has 0 saturated heterocycles. The van der Waals surface area contributed by atoms with E-state index >= 15 is 0 Å². The third-order valence-corrected chi connectivity index (χ3v) is 8.13. The van der Waals surface area contributed by atoms with Gasteiger partial charge in [-0.1, -0.05) is 12.1 Å². The number of aromatic nitrogens is 3. The van der Waals surface area contributed by atoms with E-state index in [9.17, 15) is 26.8 Å². The lowest BCUT2D eigenvalue weighted by Crippen LogP contribution is -2.33. The second-order valence-corrected chi connectivity index (χ2v) is 11.3. The van der Waals surface area contributed by atoms with Gasteiger partial charge in [0, 0.05) is 42.4 Å². The molecule has 5 rings (SSSR count). The number of nitrogens with zero attached hydrogens (tertiary/aromatic N) is 4. The molecule has 1 N–H and O–H groups in total. The predicted molar refractivity (Wildman–Crippen MR) is 155 cm³/mol. The maximum Gasteiger partial charge on any atom is 0.264 e. The van der Waals surface area contributed by atoms with Crippen LogP contribution in [0.25, 0.3) is 27.6 Å². The van der Waals surface area contributed by atoms with Crippen LogP contribution < -0.4 is 9.46 Å². The molecular weight excluding hydrogens is 580 g/mol. The van der Waals surface area contributed by atoms with Crippen molar-refractivity contribution >= 4 is 43.9 Å². The number of ether oxygens (including phenoxy) is 1. The van der Waals surface area contributed by atoms with Gasteiger partial charge < -0.3 is 9.64 Å². The summed E-state index contributed by atoms with van der Waals surface area (Å²) in [6.45, 7) is 2.17. The molecule has 3 heterocycles. The van der Waals surface area contributed by atoms with E-state index in [1.165, 1.54) is 44.8 Å². The first-order chi connectivity index (χ1) is 20.6. The summed E-state index contributed by atoms with van der Waals surface area (Å²) in [6, 6.07) is 9.09. The molecular formula is C30H25F2N5O5S. The number of halogens is 2. The van der Waals surface area contributed by atoms with Crippen molar-refractivity contribution in [1.29, 1.82) is 0 Å². The lowest BCUT2D eigenvalue weighted by atomic mass is 9.98. The van der Waals surface area contributed by atoms with Gasteiger partial charge in [-0.15, -0.1) is 0 Å². The van der Waals surface area contributed by atoms with Crippen LogP contribution in [-0.4, -0.2) is 60.2 Å². The Morgan fingerprint density at radius 2 is 1.84 bits per heavy atom. The molecule has 2 aromatic carbocycles. The summed E-state index contributed by atoms with van der Waals surface area (Å²) in [6.07, 6.45) is 7.91. The summed E-state index contributed by atoms with van der Waals surface area (Å²) in [5.74, 6) is -2.66. The number of benzene rings is 2. The van der Waals surface area contributed by atoms with Gasteiger partial charge in [0.1, 0.15) is 28.5 Å². The monoisotopic (exact) mass is 605 g/mol. The Labute approximate surface area is 245 Å². The first-order valence-corrected chi connectivity index (χ1v) is 14.5. The summed E-state index contributed by atoms with van der Waals surface area (Å²) >= 11 is 0. The Morgan fingerprint density at radius 1 is 1.02 bits per heavy atom. The van der Waals surface area contributed by atoms with Crippen molar-refractivity contribution in [2.75, 3.05) is 24.9 Å². The number of rotatable bonds is 8. The first-order valence-electron chi connectivity index (χ1n) is 13.0. The van der Waals surface area contributed by atoms with E-state index in [1.807, 2.05) is 12.1 Å². The molecule has 4 aromatic rings. The van der Waals surface area contributed by atoms with Gasteiger partial charge >= 0.3 is 0 Å². The van der Waals surface area contributed by atoms with Crippen molar-refractivity contribution in [1.82, 2.24) is 19.9 Å². The van der Waals surface area contributed by atoms with Crippen molar-refractivity contribution in [3.8, 4) is 17.0 Å². The fourth-order valence-corrected chi connectivity index (χ4v) is 5.72. The minimum atomic E-state index is -4.45. The quantitative estimate of drug-likeness (QED) is 0.290. The van der Waals surface area contributed by atoms with Crippen molar-refractivity contribution < 1.29 is 31.5 Å². The van der Waals surface area contributed by atoms with Crippen LogP contribution >= 0.6 is 0 Å². The van der Waals surface area contributed by atoms with E-state index in [2.05, 4.69) is 19.7 Å². The Morgan fingerprint density at radius 3 is 2.53 bits per heavy atom. The molecule has 0 bridgehead atoms. The fourth-order valence-electron chi connectivity index (χ4n) is 4.61. The summed E-state index contributed by atoms with van der Waals surface area (Å²) < 4.78 is 61.1. The zero-order chi connectivity index (χ0) is 30.7. The van der Waals surface area contributed by atoms with Crippen LogP contribution in [0.15, 0.2) is 78.1 Å². The summed E-state index contributed by atoms with van der Waals surface area (Å²) in [5.41, 5.74) is 3.41. The maximum atomic E-state index is 14.3. The van der Waals surface area contributed by atoms with Crippen LogP contribution in [0.4, 0.5) is 14.5 Å². The summed E-state index contributed by atoms with van der Waals surface area (Å²) in [4.78, 5) is 37.5. The molecule has 0 atom stereocenters. The highest BCUT2D eigenvalue weighted by Crippen LogP contribution is 2.34. The Bertz CT molecular complexity index is 1930. The van der Waals surface area contributed by atoms with Crippen molar-refractivity contribution in [2.24, 2.45) is 0 Å². The Balaban J connectivity index is 1.47. The van der Waals surface area contributed by atoms with Crippen LogP contribution in [-0.2, 0) is 19.6 Å². The number of anilines is 1. The van der Waals surface area contributed by atoms with Crippen LogP contribution in [0.3, 0.4) is 0 Å². The lowest BCUT2D eigenvalue weighted by Gasteiger charge is -2.25. The number of allylic oxidation sites excluding steroid dienone is 1. The van der Waals surface area contributed by atoms with Crippen LogP contribution in [0, 0.1) is 11.6 Å². The van der Waals surface area contributed by atoms with Gasteiger partial charge in [-0.25, -0.2) is 32.2 Å². The van der Waals surface area contributed by atoms with E-state index in [4.69, 9.17) is 4.74 Å². The molecule has 0 unspecified atom stereocenters. The van der Waals surface area contributed by atoms with Gasteiger partial charge in [-0.05, 0) is 60.9 Å². The van der Waals surface area contributed by atoms with E-state index in [1.54, 1.807) is 17.0 Å². The molecule has 1 amide bonds. The number of amides is 1. The number of carbonyl (C=O) groups excluding carboxylic acids is 2. The first kappa shape index (κ1) is 29.5. The predicted octanol–water partition coefficient (Wildman–Crippen LogP) is 4.54. The van der Waals surface area contributed by atoms with E-state index < -0.39 is 26.6 Å². The minimum Gasteiger partial charge on any atom is -0.480 e. The molecule has 0 fully saturated rings. The third-order valence-electron chi connectivity index (χ3n) is 6.73. The fraction of sp³-hybridized carbons (Fsp3) is 0.167. The molecule has 220 valence electrons. The number of hydrogen-bond acceptors (Lipinski definition) is 8. The van der Waals surface area contributed by atoms with Gasteiger partial charge in [0.15, 0.2) is 5.78 Å². The lowest BCUT2D eigenvalue weighted by molar-refractivity contribution is -0.126. The molecule has 0 saturated carbocycles. The van der Waals surface area contributed by atoms with E-state index in [-0.39, 0.29) is 23.3 Å². The smallest absolute Gasteiger partial charge is 0.264 e. The van der Waals surface area contributed by atoms with Gasteiger partial charge in [-0.3, -0.25) is 14.3 Å². The second kappa shape index (κ2) is 12.1. The zero-order valence-electron chi connectivity index (χ0n) is 23.0. The highest BCUT2D eigenvalue weighted by molar-refractivity contribution is 7.92. The number of sulfonamides is 1. The number of ketones is 1. The van der Waals surface area contributed by atoms with Crippen LogP contribution in [0.2, 0.25) is 0 Å². The molecule has 1 aliphatic rings. The number of hydrogen-bond donors (Lipinski definition) is 1. The van der Waals surface area contributed by atoms with Gasteiger partial charge in [-0.2, -0.15) is 0 Å². The minimum absolute atomic E-state index is 0.0491. The number of methoxy groups -OCH3 is 1. The van der Waals surface area contributed by atoms with Crippen LogP contribution in [0.1, 0.15) is 19.0 Å². The largest absolute Gasteiger partial charge is 0.480 e. The standard InChI is InChI=1S/C30H25F2N5O5S/c1-18(38)3-8-28(39)37-11-9-19(10-12-37)29-23-13-20(4-6-25(23)34-17-35-29)21-14-26(30(42-2)33-16-21)36-43(40,41)27-7-5-22(31)15-24(27)32/h3-9,13-17,36H,10-12H2,1-2H3/b8-3+. The Hall–Kier alpha value is -5.04. The summed E-state index contributed by atoms with van der Waals surface area (Å²) in [7, 11) is -3.15. The topological polar surface area (TPSA) is 131 Å². The number of fused-ring (bicyclic) bond motifs is 1. The maximum absolute atomic E-state index is 14.3. The summed E-state index contributed by atoms with van der Waals surface area (Å²) in [5, 5.41) is 0.730. The van der Waals surface area contributed by atoms with E-state index in [0.29, 0.717) is 47.9 Å². The Kier molecular flexibility index (Phi) is 8.26. The average molecular weight is 606 g/mol. The highest BCUT2D eigenvalue weighted by atomic mass is 32.2. The van der Waals surface area contributed by atoms with Crippen molar-refractivity contribution in [3.05, 3.63) is 90.5 Å². The normalized spacial score (nSPS) is 13.7. The van der Waals surface area contributed by atoms with Gasteiger partial charge in [0.2, 0.25) is 11.8 Å². The highest BCUT2D eigenvalue weighted by Gasteiger charge is 2.23. The average Bonchev–Trinajstić information content (AvgIpc) is 2.99. The van der Waals surface area contributed by atoms with Gasteiger partial charge in [0.25, 0.3) is 10.0 Å². The van der Waals surface area contributed by atoms with Gasteiger partial charge in [0.05, 0.1) is 18.3 Å². The van der Waals surface area contributed by atoms with Crippen LogP contribution in [0.5, 0.6) is 5.88 Å². The molecule has 0 radical (unpaired) electrons. The SMILES string of the molecule is COc1ncc(-c2ccc3ncnc(C4=CCN(C(=O)/C=C/C(C)=O)CC4)c3c2)cc1NS(=O)(=O)c1ccc(F)cc1F. The molecule has 2 aromatic heterocycles. The molecule has 1 aliphatic heterocycles. The van der Waals surface area contributed by atoms with E-state index in [0.717, 1.165) is 23.1 Å². The second-order valence-electron chi connectivity index (χ2n) is 9.62. The zero-order valence-corrected chi connectivity index (χ0v) is 23.9. The molecule has 13 heteroatoms. The third kappa shape index (κ3) is 6.41. The van der Waals surface area contributed by atoms with Crippen molar-refractivity contribution in [2.45, 2.75) is 18.2 Å². The molecule has 43 heavy (non-hydrogen) atoms. The number of nitrogens with one attached hydrogen (secondary N) is 1. The van der Waals surface area contributed by atoms with Crippen molar-refractivity contribution in [3.63, 3.8) is 0 Å². The number of pyridine rings is 1.